The van der Waals surface area contributed by atoms with Crippen LogP contribution in [0, 0.1) is 0 Å². The Hall–Kier alpha value is -2.69. The summed E-state index contributed by atoms with van der Waals surface area (Å²) in [6.45, 7) is 0.756. The summed E-state index contributed by atoms with van der Waals surface area (Å²) in [5.74, 6) is -2.74. The number of carbonyl (C=O) groups is 3. The molecule has 148 valence electrons. The molecule has 2 fully saturated rings. The van der Waals surface area contributed by atoms with Crippen molar-refractivity contribution in [3.63, 3.8) is 0 Å². The van der Waals surface area contributed by atoms with Crippen molar-refractivity contribution in [1.29, 1.82) is 0 Å². The highest BCUT2D eigenvalue weighted by atomic mass is 19.4. The Morgan fingerprint density at radius 1 is 1.37 bits per heavy atom. The van der Waals surface area contributed by atoms with Gasteiger partial charge in [0.2, 0.25) is 11.8 Å². The van der Waals surface area contributed by atoms with E-state index in [4.69, 9.17) is 14.6 Å². The minimum absolute atomic E-state index is 0.0367. The Morgan fingerprint density at radius 2 is 2.04 bits per heavy atom. The summed E-state index contributed by atoms with van der Waals surface area (Å²) >= 11 is 0. The van der Waals surface area contributed by atoms with Crippen LogP contribution in [-0.2, 0) is 19.1 Å². The van der Waals surface area contributed by atoms with Gasteiger partial charge < -0.3 is 19.6 Å². The molecule has 2 atom stereocenters. The molecule has 8 nitrogen and oxygen atoms in total. The van der Waals surface area contributed by atoms with Gasteiger partial charge in [0.1, 0.15) is 6.61 Å². The molecule has 0 bridgehead atoms. The topological polar surface area (TPSA) is 100 Å². The monoisotopic (exact) mass is 389 g/mol. The number of rotatable bonds is 3. The van der Waals surface area contributed by atoms with Crippen molar-refractivity contribution in [1.82, 2.24) is 9.88 Å². The normalized spacial score (nSPS) is 21.6. The number of hydrogen-bond donors (Lipinski definition) is 1. The van der Waals surface area contributed by atoms with E-state index in [9.17, 15) is 22.8 Å². The second-order valence-corrected chi connectivity index (χ2v) is 5.93. The lowest BCUT2D eigenvalue weighted by atomic mass is 10.1. The van der Waals surface area contributed by atoms with E-state index < -0.39 is 12.1 Å². The fraction of sp³-hybridized carbons (Fsp3) is 0.500. The molecule has 0 aromatic carbocycles. The second kappa shape index (κ2) is 8.33. The molecule has 0 spiro atoms. The van der Waals surface area contributed by atoms with Crippen LogP contribution in [0.1, 0.15) is 12.8 Å². The largest absolute Gasteiger partial charge is 0.490 e. The van der Waals surface area contributed by atoms with E-state index in [1.54, 1.807) is 22.2 Å². The molecule has 2 saturated heterocycles. The van der Waals surface area contributed by atoms with Crippen molar-refractivity contribution in [2.24, 2.45) is 0 Å². The van der Waals surface area contributed by atoms with Gasteiger partial charge in [-0.25, -0.2) is 4.79 Å². The quantitative estimate of drug-likeness (QED) is 0.830. The number of methoxy groups -OCH3 is 1. The molecule has 0 saturated carbocycles. The summed E-state index contributed by atoms with van der Waals surface area (Å²) in [4.78, 5) is 40.8. The summed E-state index contributed by atoms with van der Waals surface area (Å²) in [7, 11) is 1.51. The zero-order chi connectivity index (χ0) is 20.2. The van der Waals surface area contributed by atoms with Crippen molar-refractivity contribution >= 4 is 23.5 Å². The van der Waals surface area contributed by atoms with E-state index >= 15 is 0 Å². The van der Waals surface area contributed by atoms with Gasteiger partial charge in [-0.3, -0.25) is 14.6 Å². The Balaban J connectivity index is 0.000000321. The molecular formula is C16H18F3N3O5. The van der Waals surface area contributed by atoms with Gasteiger partial charge in [0.25, 0.3) is 0 Å². The molecule has 1 N–H and O–H groups in total. The van der Waals surface area contributed by atoms with Gasteiger partial charge in [-0.2, -0.15) is 13.2 Å². The number of amides is 2. The molecule has 2 amide bonds. The Bertz CT molecular complexity index is 698. The highest BCUT2D eigenvalue weighted by molar-refractivity contribution is 5.98. The molecule has 2 aliphatic heterocycles. The molecule has 27 heavy (non-hydrogen) atoms. The standard InChI is InChI=1S/C14H17N3O3.C2HF3O2/c1-20-9-14(19)16-6-4-11-12(16)7-13(18)17(11)10-3-2-5-15-8-10;3-2(4,5)1(6)7/h2-3,5,8,11-12H,4,6-7,9H2,1H3;(H,6,7)/t11-,12+;/m0./s1. The minimum Gasteiger partial charge on any atom is -0.475 e. The first-order valence-corrected chi connectivity index (χ1v) is 7.97. The molecule has 3 rings (SSSR count). The van der Waals surface area contributed by atoms with E-state index in [0.29, 0.717) is 13.0 Å². The first-order valence-electron chi connectivity index (χ1n) is 7.97. The third kappa shape index (κ3) is 4.73. The van der Waals surface area contributed by atoms with Crippen LogP contribution < -0.4 is 4.90 Å². The number of pyridine rings is 1. The number of carboxylic acid groups (broad SMARTS) is 1. The summed E-state index contributed by atoms with van der Waals surface area (Å²) in [5, 5.41) is 7.12. The number of fused-ring (bicyclic) bond motifs is 1. The van der Waals surface area contributed by atoms with Crippen LogP contribution >= 0.6 is 0 Å². The number of likely N-dealkylation sites (tertiary alicyclic amines) is 1. The highest BCUT2D eigenvalue weighted by Gasteiger charge is 2.48. The zero-order valence-corrected chi connectivity index (χ0v) is 14.3. The number of nitrogens with zero attached hydrogens (tertiary/aromatic N) is 3. The molecule has 0 unspecified atom stereocenters. The fourth-order valence-electron chi connectivity index (χ4n) is 3.19. The van der Waals surface area contributed by atoms with E-state index in [1.807, 2.05) is 12.1 Å². The van der Waals surface area contributed by atoms with Gasteiger partial charge in [0.05, 0.1) is 24.0 Å². The maximum Gasteiger partial charge on any atom is 0.490 e. The number of ether oxygens (including phenoxy) is 1. The second-order valence-electron chi connectivity index (χ2n) is 5.93. The van der Waals surface area contributed by atoms with Crippen molar-refractivity contribution in [3.05, 3.63) is 24.5 Å². The Morgan fingerprint density at radius 3 is 2.56 bits per heavy atom. The van der Waals surface area contributed by atoms with Crippen molar-refractivity contribution in [2.75, 3.05) is 25.2 Å². The smallest absolute Gasteiger partial charge is 0.475 e. The highest BCUT2D eigenvalue weighted by Crippen LogP contribution is 2.35. The van der Waals surface area contributed by atoms with E-state index in [1.165, 1.54) is 7.11 Å². The zero-order valence-electron chi connectivity index (χ0n) is 14.3. The van der Waals surface area contributed by atoms with Crippen LogP contribution in [0.3, 0.4) is 0 Å². The fourth-order valence-corrected chi connectivity index (χ4v) is 3.19. The number of hydrogen-bond acceptors (Lipinski definition) is 5. The summed E-state index contributed by atoms with van der Waals surface area (Å²) in [6, 6.07) is 3.73. The van der Waals surface area contributed by atoms with Gasteiger partial charge in [-0.05, 0) is 18.6 Å². The van der Waals surface area contributed by atoms with E-state index in [0.717, 1.165) is 12.1 Å². The lowest BCUT2D eigenvalue weighted by Crippen LogP contribution is -2.41. The SMILES string of the molecule is COCC(=O)N1CC[C@H]2[C@H]1CC(=O)N2c1cccnc1.O=C(O)C(F)(F)F. The van der Waals surface area contributed by atoms with Gasteiger partial charge in [-0.15, -0.1) is 0 Å². The van der Waals surface area contributed by atoms with Crippen LogP contribution in [-0.4, -0.2) is 71.3 Å². The molecule has 1 aromatic heterocycles. The molecule has 1 aromatic rings. The average Bonchev–Trinajstić information content (AvgIpc) is 3.13. The molecule has 0 aliphatic carbocycles. The third-order valence-electron chi connectivity index (χ3n) is 4.25. The minimum atomic E-state index is -5.08. The third-order valence-corrected chi connectivity index (χ3v) is 4.25. The predicted octanol–water partition coefficient (Wildman–Crippen LogP) is 1.07. The van der Waals surface area contributed by atoms with Crippen LogP contribution in [0.4, 0.5) is 18.9 Å². The van der Waals surface area contributed by atoms with Gasteiger partial charge in [0.15, 0.2) is 0 Å². The number of alkyl halides is 3. The van der Waals surface area contributed by atoms with Crippen LogP contribution in [0.2, 0.25) is 0 Å². The van der Waals surface area contributed by atoms with Crippen LogP contribution in [0.25, 0.3) is 0 Å². The predicted molar refractivity (Wildman–Crippen MR) is 85.8 cm³/mol. The van der Waals surface area contributed by atoms with Gasteiger partial charge >= 0.3 is 12.1 Å². The maximum atomic E-state index is 12.2. The van der Waals surface area contributed by atoms with Gasteiger partial charge in [0, 0.05) is 26.3 Å². The van der Waals surface area contributed by atoms with E-state index in [2.05, 4.69) is 4.98 Å². The number of carboxylic acids is 1. The number of aromatic nitrogens is 1. The molecule has 2 aliphatic rings. The lowest BCUT2D eigenvalue weighted by molar-refractivity contribution is -0.192. The summed E-state index contributed by atoms with van der Waals surface area (Å²) in [6.07, 6.45) is -0.514. The Labute approximate surface area is 152 Å². The van der Waals surface area contributed by atoms with E-state index in [-0.39, 0.29) is 30.5 Å². The Kier molecular flexibility index (Phi) is 6.37. The number of anilines is 1. The van der Waals surface area contributed by atoms with Crippen molar-refractivity contribution in [2.45, 2.75) is 31.1 Å². The van der Waals surface area contributed by atoms with Crippen molar-refractivity contribution < 1.29 is 37.4 Å². The summed E-state index contributed by atoms with van der Waals surface area (Å²) < 4.78 is 36.6. The first kappa shape index (κ1) is 20.6. The molecule has 0 radical (unpaired) electrons. The lowest BCUT2D eigenvalue weighted by Gasteiger charge is -2.25. The maximum absolute atomic E-state index is 12.2. The van der Waals surface area contributed by atoms with Crippen LogP contribution in [0.5, 0.6) is 0 Å². The number of aliphatic carboxylic acids is 1. The number of halogens is 3. The number of carbonyl (C=O) groups excluding carboxylic acids is 2. The molecular weight excluding hydrogens is 371 g/mol. The molecule has 3 heterocycles. The van der Waals surface area contributed by atoms with Crippen LogP contribution in [0.15, 0.2) is 24.5 Å². The first-order chi connectivity index (χ1) is 12.7. The summed E-state index contributed by atoms with van der Waals surface area (Å²) in [5.41, 5.74) is 0.811. The van der Waals surface area contributed by atoms with Crippen molar-refractivity contribution in [3.8, 4) is 0 Å². The average molecular weight is 389 g/mol. The van der Waals surface area contributed by atoms with Gasteiger partial charge in [-0.1, -0.05) is 0 Å². The molecule has 11 heteroatoms.